The summed E-state index contributed by atoms with van der Waals surface area (Å²) >= 11 is 6.06. The number of sulfonamides is 1. The number of hydrogen-bond acceptors (Lipinski definition) is 5. The first-order valence-corrected chi connectivity index (χ1v) is 10.1. The first kappa shape index (κ1) is 19.7. The molecular formula is C18H20ClFN2O4S. The zero-order valence-electron chi connectivity index (χ0n) is 15.0. The van der Waals surface area contributed by atoms with E-state index in [2.05, 4.69) is 0 Å². The monoisotopic (exact) mass is 414 g/mol. The second kappa shape index (κ2) is 7.92. The second-order valence-electron chi connectivity index (χ2n) is 6.00. The summed E-state index contributed by atoms with van der Waals surface area (Å²) in [6.07, 6.45) is 0. The van der Waals surface area contributed by atoms with Gasteiger partial charge < -0.3 is 14.4 Å². The van der Waals surface area contributed by atoms with Gasteiger partial charge in [-0.1, -0.05) is 11.6 Å². The Hall–Kier alpha value is -2.03. The topological polar surface area (TPSA) is 59.1 Å². The van der Waals surface area contributed by atoms with Crippen LogP contribution in [-0.4, -0.2) is 53.1 Å². The van der Waals surface area contributed by atoms with Crippen LogP contribution in [0.15, 0.2) is 41.3 Å². The standard InChI is InChI=1S/C18H20ClFN2O4S/c1-25-17-6-4-14(12-15(17)19)27(23,24)22-9-7-21(8-10-22)16-5-3-13(20)11-18(16)26-2/h3-6,11-12H,7-10H2,1-2H3. The molecule has 3 rings (SSSR count). The SMILES string of the molecule is COc1ccc(S(=O)(=O)N2CCN(c3ccc(F)cc3OC)CC2)cc1Cl. The molecule has 6 nitrogen and oxygen atoms in total. The van der Waals surface area contributed by atoms with Crippen LogP contribution in [0.3, 0.4) is 0 Å². The molecule has 0 amide bonds. The Labute approximate surface area is 163 Å². The van der Waals surface area contributed by atoms with Crippen molar-refractivity contribution in [2.45, 2.75) is 4.90 Å². The van der Waals surface area contributed by atoms with Crippen LogP contribution >= 0.6 is 11.6 Å². The normalized spacial score (nSPS) is 15.6. The van der Waals surface area contributed by atoms with Crippen LogP contribution in [0, 0.1) is 5.82 Å². The van der Waals surface area contributed by atoms with Crippen LogP contribution in [0.2, 0.25) is 5.02 Å². The highest BCUT2D eigenvalue weighted by Crippen LogP contribution is 2.32. The quantitative estimate of drug-likeness (QED) is 0.752. The Kier molecular flexibility index (Phi) is 5.78. The van der Waals surface area contributed by atoms with Gasteiger partial charge in [0.1, 0.15) is 17.3 Å². The molecule has 1 saturated heterocycles. The molecule has 9 heteroatoms. The van der Waals surface area contributed by atoms with E-state index >= 15 is 0 Å². The van der Waals surface area contributed by atoms with Gasteiger partial charge in [0.2, 0.25) is 10.0 Å². The van der Waals surface area contributed by atoms with Gasteiger partial charge >= 0.3 is 0 Å². The number of methoxy groups -OCH3 is 2. The van der Waals surface area contributed by atoms with Crippen molar-refractivity contribution < 1.29 is 22.3 Å². The molecule has 2 aromatic rings. The number of nitrogens with zero attached hydrogens (tertiary/aromatic N) is 2. The van der Waals surface area contributed by atoms with Crippen LogP contribution in [0.4, 0.5) is 10.1 Å². The van der Waals surface area contributed by atoms with Crippen molar-refractivity contribution in [2.75, 3.05) is 45.3 Å². The molecule has 0 saturated carbocycles. The molecule has 0 radical (unpaired) electrons. The Morgan fingerprint density at radius 1 is 0.963 bits per heavy atom. The van der Waals surface area contributed by atoms with E-state index in [0.29, 0.717) is 37.7 Å². The maximum atomic E-state index is 13.4. The molecule has 0 unspecified atom stereocenters. The molecule has 146 valence electrons. The molecule has 0 spiro atoms. The molecule has 1 aliphatic heterocycles. The van der Waals surface area contributed by atoms with Crippen molar-refractivity contribution in [3.05, 3.63) is 47.2 Å². The number of anilines is 1. The van der Waals surface area contributed by atoms with Crippen molar-refractivity contribution in [3.8, 4) is 11.5 Å². The van der Waals surface area contributed by atoms with Gasteiger partial charge in [-0.15, -0.1) is 0 Å². The van der Waals surface area contributed by atoms with Crippen molar-refractivity contribution >= 4 is 27.3 Å². The molecule has 1 aliphatic rings. The number of piperazine rings is 1. The number of hydrogen-bond donors (Lipinski definition) is 0. The minimum Gasteiger partial charge on any atom is -0.495 e. The Morgan fingerprint density at radius 2 is 1.63 bits per heavy atom. The third kappa shape index (κ3) is 3.97. The molecule has 0 aromatic heterocycles. The predicted molar refractivity (Wildman–Crippen MR) is 102 cm³/mol. The van der Waals surface area contributed by atoms with Gasteiger partial charge in [0.05, 0.1) is 29.8 Å². The highest BCUT2D eigenvalue weighted by atomic mass is 35.5. The van der Waals surface area contributed by atoms with E-state index in [9.17, 15) is 12.8 Å². The largest absolute Gasteiger partial charge is 0.495 e. The summed E-state index contributed by atoms with van der Waals surface area (Å²) in [5.41, 5.74) is 0.739. The summed E-state index contributed by atoms with van der Waals surface area (Å²) in [5, 5.41) is 0.244. The fraction of sp³-hybridized carbons (Fsp3) is 0.333. The van der Waals surface area contributed by atoms with Crippen LogP contribution in [0.25, 0.3) is 0 Å². The first-order valence-electron chi connectivity index (χ1n) is 8.29. The summed E-state index contributed by atoms with van der Waals surface area (Å²) in [4.78, 5) is 2.10. The number of halogens is 2. The minimum atomic E-state index is -3.66. The van der Waals surface area contributed by atoms with E-state index in [-0.39, 0.29) is 15.7 Å². The molecule has 1 fully saturated rings. The number of rotatable bonds is 5. The summed E-state index contributed by atoms with van der Waals surface area (Å²) in [6.45, 7) is 1.52. The Balaban J connectivity index is 1.76. The van der Waals surface area contributed by atoms with Gasteiger partial charge in [0, 0.05) is 32.2 Å². The van der Waals surface area contributed by atoms with E-state index in [0.717, 1.165) is 5.69 Å². The van der Waals surface area contributed by atoms with Crippen LogP contribution < -0.4 is 14.4 Å². The average molecular weight is 415 g/mol. The maximum absolute atomic E-state index is 13.4. The van der Waals surface area contributed by atoms with Crippen LogP contribution in [-0.2, 0) is 10.0 Å². The summed E-state index contributed by atoms with van der Waals surface area (Å²) in [5.74, 6) is 0.463. The molecule has 0 atom stereocenters. The minimum absolute atomic E-state index is 0.126. The summed E-state index contributed by atoms with van der Waals surface area (Å²) < 4.78 is 50.9. The lowest BCUT2D eigenvalue weighted by Crippen LogP contribution is -2.48. The smallest absolute Gasteiger partial charge is 0.243 e. The first-order chi connectivity index (χ1) is 12.9. The van der Waals surface area contributed by atoms with Gasteiger partial charge in [0.15, 0.2) is 0 Å². The van der Waals surface area contributed by atoms with Crippen LogP contribution in [0.5, 0.6) is 11.5 Å². The number of ether oxygens (including phenoxy) is 2. The number of benzene rings is 2. The highest BCUT2D eigenvalue weighted by Gasteiger charge is 2.30. The second-order valence-corrected chi connectivity index (χ2v) is 8.35. The lowest BCUT2D eigenvalue weighted by atomic mass is 10.2. The Morgan fingerprint density at radius 3 is 2.22 bits per heavy atom. The van der Waals surface area contributed by atoms with E-state index in [1.807, 2.05) is 4.90 Å². The molecular weight excluding hydrogens is 395 g/mol. The maximum Gasteiger partial charge on any atom is 0.243 e. The van der Waals surface area contributed by atoms with Crippen molar-refractivity contribution in [3.63, 3.8) is 0 Å². The van der Waals surface area contributed by atoms with Gasteiger partial charge in [-0.25, -0.2) is 12.8 Å². The van der Waals surface area contributed by atoms with Crippen molar-refractivity contribution in [2.24, 2.45) is 0 Å². The molecule has 0 N–H and O–H groups in total. The van der Waals surface area contributed by atoms with E-state index < -0.39 is 10.0 Å². The zero-order chi connectivity index (χ0) is 19.6. The van der Waals surface area contributed by atoms with Gasteiger partial charge in [0.25, 0.3) is 0 Å². The van der Waals surface area contributed by atoms with Crippen LogP contribution in [0.1, 0.15) is 0 Å². The van der Waals surface area contributed by atoms with Gasteiger partial charge in [-0.3, -0.25) is 0 Å². The molecule has 0 bridgehead atoms. The molecule has 2 aromatic carbocycles. The molecule has 0 aliphatic carbocycles. The summed E-state index contributed by atoms with van der Waals surface area (Å²) in [7, 11) is -0.713. The van der Waals surface area contributed by atoms with E-state index in [1.54, 1.807) is 6.07 Å². The van der Waals surface area contributed by atoms with Crippen molar-refractivity contribution in [1.82, 2.24) is 4.31 Å². The fourth-order valence-electron chi connectivity index (χ4n) is 3.04. The fourth-order valence-corrected chi connectivity index (χ4v) is 4.81. The average Bonchev–Trinajstić information content (AvgIpc) is 2.67. The summed E-state index contributed by atoms with van der Waals surface area (Å²) in [6, 6.07) is 8.73. The third-order valence-electron chi connectivity index (χ3n) is 4.48. The van der Waals surface area contributed by atoms with Crippen molar-refractivity contribution in [1.29, 1.82) is 0 Å². The van der Waals surface area contributed by atoms with Gasteiger partial charge in [-0.2, -0.15) is 4.31 Å². The third-order valence-corrected chi connectivity index (χ3v) is 6.67. The van der Waals surface area contributed by atoms with Gasteiger partial charge in [-0.05, 0) is 30.3 Å². The molecule has 1 heterocycles. The lowest BCUT2D eigenvalue weighted by molar-refractivity contribution is 0.377. The predicted octanol–water partition coefficient (Wildman–Crippen LogP) is 3.01. The lowest BCUT2D eigenvalue weighted by Gasteiger charge is -2.36. The zero-order valence-corrected chi connectivity index (χ0v) is 16.6. The van der Waals surface area contributed by atoms with E-state index in [4.69, 9.17) is 21.1 Å². The van der Waals surface area contributed by atoms with E-state index in [1.165, 1.54) is 48.9 Å². The highest BCUT2D eigenvalue weighted by molar-refractivity contribution is 7.89. The Bertz CT molecular complexity index is 931. The molecule has 27 heavy (non-hydrogen) atoms.